The van der Waals surface area contributed by atoms with Crippen LogP contribution in [0.3, 0.4) is 0 Å². The minimum atomic E-state index is 0.550. The molecule has 2 aliphatic rings. The Balaban J connectivity index is 1.53. The third-order valence-corrected chi connectivity index (χ3v) is 5.18. The molecule has 0 saturated carbocycles. The van der Waals surface area contributed by atoms with E-state index in [4.69, 9.17) is 0 Å². The summed E-state index contributed by atoms with van der Waals surface area (Å²) in [4.78, 5) is 6.71. The summed E-state index contributed by atoms with van der Waals surface area (Å²) in [7, 11) is 0. The van der Waals surface area contributed by atoms with E-state index in [1.54, 1.807) is 11.9 Å². The number of hydrogen-bond acceptors (Lipinski definition) is 3. The van der Waals surface area contributed by atoms with Gasteiger partial charge in [-0.1, -0.05) is 18.6 Å². The highest BCUT2D eigenvalue weighted by molar-refractivity contribution is 5.09. The number of hydrogen-bond donors (Lipinski definition) is 0. The lowest BCUT2D eigenvalue weighted by Crippen LogP contribution is -2.40. The fourth-order valence-electron chi connectivity index (χ4n) is 3.75. The van der Waals surface area contributed by atoms with Crippen molar-refractivity contribution in [2.24, 2.45) is 11.8 Å². The van der Waals surface area contributed by atoms with Crippen molar-refractivity contribution in [3.8, 4) is 0 Å². The van der Waals surface area contributed by atoms with Crippen LogP contribution < -0.4 is 0 Å². The van der Waals surface area contributed by atoms with E-state index >= 15 is 0 Å². The maximum absolute atomic E-state index is 4.28. The Hall–Kier alpha value is -1.16. The number of nitrogens with zero attached hydrogens (tertiary/aromatic N) is 4. The minimum absolute atomic E-state index is 0.550. The van der Waals surface area contributed by atoms with Gasteiger partial charge in [0.25, 0.3) is 0 Å². The molecule has 4 heteroatoms. The summed E-state index contributed by atoms with van der Waals surface area (Å²) >= 11 is 0. The van der Waals surface area contributed by atoms with Gasteiger partial charge in [-0.05, 0) is 44.4 Å². The highest BCUT2D eigenvalue weighted by Crippen LogP contribution is 2.32. The lowest BCUT2D eigenvalue weighted by atomic mass is 9.79. The van der Waals surface area contributed by atoms with Gasteiger partial charge < -0.3 is 4.90 Å². The molecule has 1 saturated heterocycles. The van der Waals surface area contributed by atoms with E-state index in [-0.39, 0.29) is 0 Å². The molecule has 1 fully saturated rings. The molecule has 0 bridgehead atoms. The van der Waals surface area contributed by atoms with Gasteiger partial charge in [-0.3, -0.25) is 0 Å². The van der Waals surface area contributed by atoms with Gasteiger partial charge in [0.05, 0.1) is 6.04 Å². The van der Waals surface area contributed by atoms with Gasteiger partial charge in [-0.15, -0.1) is 0 Å². The summed E-state index contributed by atoms with van der Waals surface area (Å²) in [5.74, 6) is 1.61. The van der Waals surface area contributed by atoms with Crippen molar-refractivity contribution in [2.45, 2.75) is 45.6 Å². The Kier molecular flexibility index (Phi) is 4.20. The van der Waals surface area contributed by atoms with Crippen molar-refractivity contribution in [1.29, 1.82) is 0 Å². The van der Waals surface area contributed by atoms with Crippen molar-refractivity contribution < 1.29 is 0 Å². The third-order valence-electron chi connectivity index (χ3n) is 5.18. The molecule has 0 spiro atoms. The summed E-state index contributed by atoms with van der Waals surface area (Å²) in [5.41, 5.74) is 1.61. The normalized spacial score (nSPS) is 29.4. The molecule has 2 atom stereocenters. The first-order valence-electron chi connectivity index (χ1n) is 7.97. The van der Waals surface area contributed by atoms with Crippen molar-refractivity contribution in [1.82, 2.24) is 19.7 Å². The van der Waals surface area contributed by atoms with Crippen LogP contribution in [-0.2, 0) is 0 Å². The number of piperidine rings is 1. The maximum Gasteiger partial charge on any atom is 0.137 e. The lowest BCUT2D eigenvalue weighted by molar-refractivity contribution is 0.146. The van der Waals surface area contributed by atoms with E-state index in [2.05, 4.69) is 34.9 Å². The second-order valence-corrected chi connectivity index (χ2v) is 6.52. The number of rotatable bonds is 3. The second-order valence-electron chi connectivity index (χ2n) is 6.52. The van der Waals surface area contributed by atoms with Crippen LogP contribution in [0, 0.1) is 11.8 Å². The smallest absolute Gasteiger partial charge is 0.137 e. The van der Waals surface area contributed by atoms with Crippen molar-refractivity contribution in [2.75, 3.05) is 19.6 Å². The summed E-state index contributed by atoms with van der Waals surface area (Å²) < 4.78 is 2.03. The molecule has 0 unspecified atom stereocenters. The Morgan fingerprint density at radius 3 is 2.70 bits per heavy atom. The van der Waals surface area contributed by atoms with E-state index in [1.165, 1.54) is 45.3 Å². The quantitative estimate of drug-likeness (QED) is 0.795. The molecule has 1 aromatic rings. The highest BCUT2D eigenvalue weighted by atomic mass is 15.3. The van der Waals surface area contributed by atoms with Crippen LogP contribution in [0.5, 0.6) is 0 Å². The Labute approximate surface area is 121 Å². The van der Waals surface area contributed by atoms with Gasteiger partial charge in [0.15, 0.2) is 0 Å². The fraction of sp³-hybridized carbons (Fsp3) is 0.750. The molecular weight excluding hydrogens is 248 g/mol. The predicted octanol–water partition coefficient (Wildman–Crippen LogP) is 2.91. The van der Waals surface area contributed by atoms with Crippen molar-refractivity contribution >= 4 is 0 Å². The first-order valence-corrected chi connectivity index (χ1v) is 7.97. The average Bonchev–Trinajstić information content (AvgIpc) is 2.98. The van der Waals surface area contributed by atoms with Crippen molar-refractivity contribution in [3.63, 3.8) is 0 Å². The van der Waals surface area contributed by atoms with E-state index in [1.807, 2.05) is 11.0 Å². The van der Waals surface area contributed by atoms with E-state index in [9.17, 15) is 0 Å². The standard InChI is InChI=1S/C16H26N4/c1-13-4-3-5-14(2)16(13)10-19-8-6-15(7-9-19)20-12-17-11-18-20/h4,11-12,14-16H,3,5-10H2,1-2H3/t14-,16+/m1/s1. The van der Waals surface area contributed by atoms with E-state index in [0.717, 1.165) is 11.8 Å². The first-order chi connectivity index (χ1) is 9.74. The molecule has 0 N–H and O–H groups in total. The highest BCUT2D eigenvalue weighted by Gasteiger charge is 2.27. The van der Waals surface area contributed by atoms with Crippen LogP contribution in [0.2, 0.25) is 0 Å². The van der Waals surface area contributed by atoms with Gasteiger partial charge in [0.1, 0.15) is 12.7 Å². The first kappa shape index (κ1) is 13.8. The van der Waals surface area contributed by atoms with Gasteiger partial charge in [0.2, 0.25) is 0 Å². The second kappa shape index (κ2) is 6.08. The van der Waals surface area contributed by atoms with Gasteiger partial charge in [0, 0.05) is 19.6 Å². The molecule has 0 amide bonds. The zero-order valence-electron chi connectivity index (χ0n) is 12.7. The molecule has 20 heavy (non-hydrogen) atoms. The summed E-state index contributed by atoms with van der Waals surface area (Å²) in [6.45, 7) is 8.38. The molecule has 0 aromatic carbocycles. The van der Waals surface area contributed by atoms with Gasteiger partial charge in [-0.2, -0.15) is 5.10 Å². The molecule has 1 aromatic heterocycles. The molecule has 0 radical (unpaired) electrons. The Bertz CT molecular complexity index is 443. The summed E-state index contributed by atoms with van der Waals surface area (Å²) in [6, 6.07) is 0.550. The molecule has 1 aliphatic heterocycles. The minimum Gasteiger partial charge on any atom is -0.303 e. The fourth-order valence-corrected chi connectivity index (χ4v) is 3.75. The number of allylic oxidation sites excluding steroid dienone is 1. The number of likely N-dealkylation sites (tertiary alicyclic amines) is 1. The lowest BCUT2D eigenvalue weighted by Gasteiger charge is -2.37. The van der Waals surface area contributed by atoms with Gasteiger partial charge in [-0.25, -0.2) is 9.67 Å². The van der Waals surface area contributed by atoms with Gasteiger partial charge >= 0.3 is 0 Å². The van der Waals surface area contributed by atoms with Crippen LogP contribution in [0.25, 0.3) is 0 Å². The molecular formula is C16H26N4. The topological polar surface area (TPSA) is 34.0 Å². The Morgan fingerprint density at radius 1 is 1.25 bits per heavy atom. The Morgan fingerprint density at radius 2 is 2.05 bits per heavy atom. The summed E-state index contributed by atoms with van der Waals surface area (Å²) in [5, 5.41) is 4.28. The molecule has 4 nitrogen and oxygen atoms in total. The number of aromatic nitrogens is 3. The molecule has 2 heterocycles. The molecule has 110 valence electrons. The zero-order chi connectivity index (χ0) is 13.9. The SMILES string of the molecule is CC1=CCC[C@@H](C)[C@H]1CN1CCC(n2cncn2)CC1. The largest absolute Gasteiger partial charge is 0.303 e. The summed E-state index contributed by atoms with van der Waals surface area (Å²) in [6.07, 6.45) is 11.0. The molecule has 3 rings (SSSR count). The van der Waals surface area contributed by atoms with E-state index < -0.39 is 0 Å². The monoisotopic (exact) mass is 274 g/mol. The molecule has 1 aliphatic carbocycles. The van der Waals surface area contributed by atoms with Crippen LogP contribution in [0.4, 0.5) is 0 Å². The average molecular weight is 274 g/mol. The van der Waals surface area contributed by atoms with Crippen LogP contribution in [-0.4, -0.2) is 39.3 Å². The third kappa shape index (κ3) is 2.95. The van der Waals surface area contributed by atoms with Crippen molar-refractivity contribution in [3.05, 3.63) is 24.3 Å². The maximum atomic E-state index is 4.28. The van der Waals surface area contributed by atoms with E-state index in [0.29, 0.717) is 6.04 Å². The van der Waals surface area contributed by atoms with Crippen LogP contribution in [0.15, 0.2) is 24.3 Å². The predicted molar refractivity (Wildman–Crippen MR) is 80.4 cm³/mol. The van der Waals surface area contributed by atoms with Crippen LogP contribution in [0.1, 0.15) is 45.6 Å². The zero-order valence-corrected chi connectivity index (χ0v) is 12.7. The van der Waals surface area contributed by atoms with Crippen LogP contribution >= 0.6 is 0 Å².